The molecule has 0 aromatic heterocycles. The van der Waals surface area contributed by atoms with E-state index in [9.17, 15) is 9.90 Å². The summed E-state index contributed by atoms with van der Waals surface area (Å²) in [7, 11) is 4.48. The van der Waals surface area contributed by atoms with E-state index >= 15 is 0 Å². The van der Waals surface area contributed by atoms with Gasteiger partial charge >= 0.3 is 0 Å². The fourth-order valence-corrected chi connectivity index (χ4v) is 3.36. The number of carbonyl (C=O) groups is 1. The maximum Gasteiger partial charge on any atom is 0.255 e. The van der Waals surface area contributed by atoms with Crippen LogP contribution in [0.4, 0.5) is 0 Å². The lowest BCUT2D eigenvalue weighted by molar-refractivity contribution is 0.0134. The molecule has 1 atom stereocenters. The number of methoxy groups -OCH3 is 3. The summed E-state index contributed by atoms with van der Waals surface area (Å²) in [5.41, 5.74) is 0.0502. The van der Waals surface area contributed by atoms with Crippen LogP contribution in [0.3, 0.4) is 0 Å². The molecule has 0 heterocycles. The second kappa shape index (κ2) is 7.88. The Bertz CT molecular complexity index is 804. The van der Waals surface area contributed by atoms with Gasteiger partial charge in [0.25, 0.3) is 5.91 Å². The average molecular weight is 371 g/mol. The molecule has 6 heteroatoms. The van der Waals surface area contributed by atoms with Crippen LogP contribution in [0.25, 0.3) is 0 Å². The van der Waals surface area contributed by atoms with Crippen LogP contribution in [-0.4, -0.2) is 38.9 Å². The number of amides is 1. The van der Waals surface area contributed by atoms with Gasteiger partial charge in [-0.3, -0.25) is 4.79 Å². The number of ether oxygens (including phenoxy) is 3. The number of nitrogens with one attached hydrogen (secondary N) is 1. The Labute approximate surface area is 159 Å². The van der Waals surface area contributed by atoms with E-state index in [2.05, 4.69) is 5.32 Å². The number of benzene rings is 2. The normalized spacial score (nSPS) is 15.6. The topological polar surface area (TPSA) is 77.0 Å². The van der Waals surface area contributed by atoms with Gasteiger partial charge in [-0.2, -0.15) is 0 Å². The van der Waals surface area contributed by atoms with Crippen molar-refractivity contribution < 1.29 is 24.1 Å². The van der Waals surface area contributed by atoms with E-state index < -0.39 is 5.60 Å². The quantitative estimate of drug-likeness (QED) is 0.746. The highest BCUT2D eigenvalue weighted by Crippen LogP contribution is 2.45. The maximum atomic E-state index is 12.8. The fraction of sp³-hybridized carbons (Fsp3) is 0.381. The van der Waals surface area contributed by atoms with Crippen LogP contribution < -0.4 is 19.5 Å². The Balaban J connectivity index is 1.83. The van der Waals surface area contributed by atoms with Gasteiger partial charge in [-0.05, 0) is 36.5 Å². The molecule has 1 unspecified atom stereocenters. The second-order valence-electron chi connectivity index (χ2n) is 6.63. The molecule has 1 amide bonds. The van der Waals surface area contributed by atoms with E-state index in [-0.39, 0.29) is 18.4 Å². The lowest BCUT2D eigenvalue weighted by atomic mass is 9.88. The molecule has 3 rings (SSSR count). The predicted octanol–water partition coefficient (Wildman–Crippen LogP) is 2.74. The van der Waals surface area contributed by atoms with Crippen LogP contribution in [-0.2, 0) is 5.60 Å². The summed E-state index contributed by atoms with van der Waals surface area (Å²) >= 11 is 0. The third-order valence-electron chi connectivity index (χ3n) is 4.99. The molecule has 0 radical (unpaired) electrons. The Morgan fingerprint density at radius 1 is 1.04 bits per heavy atom. The van der Waals surface area contributed by atoms with Gasteiger partial charge in [0.2, 0.25) is 5.75 Å². The molecule has 0 aliphatic heterocycles. The zero-order chi connectivity index (χ0) is 19.4. The molecule has 1 aliphatic carbocycles. The summed E-state index contributed by atoms with van der Waals surface area (Å²) in [6, 6.07) is 12.7. The monoisotopic (exact) mass is 371 g/mol. The molecule has 2 N–H and O–H groups in total. The fourth-order valence-electron chi connectivity index (χ4n) is 3.36. The molecular formula is C21H25NO5. The predicted molar refractivity (Wildman–Crippen MR) is 101 cm³/mol. The van der Waals surface area contributed by atoms with Crippen LogP contribution >= 0.6 is 0 Å². The third-order valence-corrected chi connectivity index (χ3v) is 4.99. The van der Waals surface area contributed by atoms with Crippen molar-refractivity contribution in [2.75, 3.05) is 27.9 Å². The van der Waals surface area contributed by atoms with Crippen LogP contribution in [0.15, 0.2) is 42.5 Å². The lowest BCUT2D eigenvalue weighted by Gasteiger charge is -2.29. The van der Waals surface area contributed by atoms with Gasteiger partial charge in [0.05, 0.1) is 33.4 Å². The van der Waals surface area contributed by atoms with Crippen LogP contribution in [0.1, 0.15) is 28.8 Å². The molecule has 0 saturated heterocycles. The second-order valence-corrected chi connectivity index (χ2v) is 6.63. The molecule has 1 saturated carbocycles. The van der Waals surface area contributed by atoms with E-state index in [0.717, 1.165) is 18.4 Å². The Kier molecular flexibility index (Phi) is 5.56. The summed E-state index contributed by atoms with van der Waals surface area (Å²) in [4.78, 5) is 12.8. The first-order valence-corrected chi connectivity index (χ1v) is 8.90. The molecular weight excluding hydrogens is 346 g/mol. The van der Waals surface area contributed by atoms with Crippen molar-refractivity contribution in [3.05, 3.63) is 53.6 Å². The highest BCUT2D eigenvalue weighted by Gasteiger charge is 2.45. The Hall–Kier alpha value is -2.73. The van der Waals surface area contributed by atoms with Gasteiger partial charge in [0.15, 0.2) is 11.5 Å². The zero-order valence-electron chi connectivity index (χ0n) is 15.8. The van der Waals surface area contributed by atoms with Crippen molar-refractivity contribution in [2.24, 2.45) is 5.92 Å². The summed E-state index contributed by atoms with van der Waals surface area (Å²) in [6.07, 6.45) is 1.89. The number of aliphatic hydroxyl groups is 1. The molecule has 0 bridgehead atoms. The third kappa shape index (κ3) is 3.71. The minimum atomic E-state index is -1.08. The number of hydrogen-bond donors (Lipinski definition) is 2. The van der Waals surface area contributed by atoms with E-state index in [1.807, 2.05) is 30.3 Å². The van der Waals surface area contributed by atoms with Crippen molar-refractivity contribution in [3.8, 4) is 17.2 Å². The molecule has 0 spiro atoms. The molecule has 6 nitrogen and oxygen atoms in total. The number of carbonyl (C=O) groups excluding carboxylic acids is 1. The first-order chi connectivity index (χ1) is 13.0. The van der Waals surface area contributed by atoms with Gasteiger partial charge in [-0.15, -0.1) is 0 Å². The molecule has 144 valence electrons. The first-order valence-electron chi connectivity index (χ1n) is 8.90. The molecule has 27 heavy (non-hydrogen) atoms. The smallest absolute Gasteiger partial charge is 0.255 e. The van der Waals surface area contributed by atoms with Crippen molar-refractivity contribution in [1.82, 2.24) is 5.32 Å². The molecule has 2 aromatic carbocycles. The Morgan fingerprint density at radius 3 is 2.26 bits per heavy atom. The van der Waals surface area contributed by atoms with Gasteiger partial charge in [0.1, 0.15) is 5.60 Å². The van der Waals surface area contributed by atoms with E-state index in [1.165, 1.54) is 21.3 Å². The summed E-state index contributed by atoms with van der Waals surface area (Å²) < 4.78 is 16.0. The van der Waals surface area contributed by atoms with Gasteiger partial charge < -0.3 is 24.6 Å². The number of hydrogen-bond acceptors (Lipinski definition) is 5. The van der Waals surface area contributed by atoms with Crippen molar-refractivity contribution in [2.45, 2.75) is 18.4 Å². The lowest BCUT2D eigenvalue weighted by Crippen LogP contribution is -2.42. The van der Waals surface area contributed by atoms with Crippen molar-refractivity contribution in [1.29, 1.82) is 0 Å². The van der Waals surface area contributed by atoms with Gasteiger partial charge in [-0.25, -0.2) is 0 Å². The molecule has 1 aliphatic rings. The van der Waals surface area contributed by atoms with Crippen LogP contribution in [0.5, 0.6) is 17.2 Å². The van der Waals surface area contributed by atoms with E-state index in [4.69, 9.17) is 14.2 Å². The summed E-state index contributed by atoms with van der Waals surface area (Å²) in [5, 5.41) is 14.1. The van der Waals surface area contributed by atoms with Gasteiger partial charge in [0, 0.05) is 0 Å². The number of rotatable bonds is 8. The minimum absolute atomic E-state index is 0.123. The highest BCUT2D eigenvalue weighted by atomic mass is 16.5. The standard InChI is InChI=1S/C21H25NO5/c1-25-17-12-11-16(18(26-2)19(17)27-3)20(23)22-13-21(24,15-9-10-15)14-7-5-4-6-8-14/h4-8,11-12,15,24H,9-10,13H2,1-3H3,(H,22,23). The summed E-state index contributed by atoms with van der Waals surface area (Å²) in [5.74, 6) is 0.928. The first kappa shape index (κ1) is 19.0. The van der Waals surface area contributed by atoms with E-state index in [1.54, 1.807) is 12.1 Å². The molecule has 1 fully saturated rings. The maximum absolute atomic E-state index is 12.8. The highest BCUT2D eigenvalue weighted by molar-refractivity contribution is 5.98. The van der Waals surface area contributed by atoms with Gasteiger partial charge in [-0.1, -0.05) is 30.3 Å². The average Bonchev–Trinajstić information content (AvgIpc) is 3.56. The minimum Gasteiger partial charge on any atom is -0.493 e. The van der Waals surface area contributed by atoms with Crippen LogP contribution in [0.2, 0.25) is 0 Å². The summed E-state index contributed by atoms with van der Waals surface area (Å²) in [6.45, 7) is 0.123. The SMILES string of the molecule is COc1ccc(C(=O)NCC(O)(c2ccccc2)C2CC2)c(OC)c1OC. The zero-order valence-corrected chi connectivity index (χ0v) is 15.8. The Morgan fingerprint density at radius 2 is 1.70 bits per heavy atom. The largest absolute Gasteiger partial charge is 0.493 e. The van der Waals surface area contributed by atoms with Crippen molar-refractivity contribution in [3.63, 3.8) is 0 Å². The van der Waals surface area contributed by atoms with Crippen molar-refractivity contribution >= 4 is 5.91 Å². The van der Waals surface area contributed by atoms with Crippen LogP contribution in [0, 0.1) is 5.92 Å². The molecule has 2 aromatic rings. The van der Waals surface area contributed by atoms with E-state index in [0.29, 0.717) is 22.8 Å².